The van der Waals surface area contributed by atoms with Crippen LogP contribution < -0.4 is 0 Å². The number of alkyl halides is 3. The highest BCUT2D eigenvalue weighted by molar-refractivity contribution is 7.89. The van der Waals surface area contributed by atoms with Crippen LogP contribution in [-0.4, -0.2) is 45.3 Å². The summed E-state index contributed by atoms with van der Waals surface area (Å²) in [6.07, 6.45) is -6.13. The Hall–Kier alpha value is -1.62. The van der Waals surface area contributed by atoms with Gasteiger partial charge < -0.3 is 5.11 Å². The van der Waals surface area contributed by atoms with Gasteiger partial charge in [0.2, 0.25) is 0 Å². The highest BCUT2D eigenvalue weighted by Crippen LogP contribution is 2.43. The molecule has 11 heteroatoms. The van der Waals surface area contributed by atoms with Crippen molar-refractivity contribution in [2.24, 2.45) is 12.1 Å². The fourth-order valence-corrected chi connectivity index (χ4v) is 4.28. The normalized spacial score (nSPS) is 23.1. The van der Waals surface area contributed by atoms with E-state index in [0.717, 1.165) is 0 Å². The van der Waals surface area contributed by atoms with E-state index in [1.165, 1.54) is 32.5 Å². The molecule has 1 aliphatic rings. The maximum atomic E-state index is 13.2. The molecular formula is C11H15F3N4O3S. The number of sulfonamides is 1. The molecule has 0 bridgehead atoms. The minimum absolute atomic E-state index is 0.0317. The predicted molar refractivity (Wildman–Crippen MR) is 70.4 cm³/mol. The van der Waals surface area contributed by atoms with Gasteiger partial charge >= 0.3 is 6.18 Å². The monoisotopic (exact) mass is 340 g/mol. The fourth-order valence-electron chi connectivity index (χ4n) is 2.37. The highest BCUT2D eigenvalue weighted by atomic mass is 32.2. The number of aryl methyl sites for hydroxylation is 2. The Labute approximate surface area is 125 Å². The fraction of sp³-hybridized carbons (Fsp3) is 0.636. The number of aliphatic hydroxyl groups is 1. The summed E-state index contributed by atoms with van der Waals surface area (Å²) in [5, 5.41) is 17.2. The number of nitrogens with zero attached hydrogens (tertiary/aromatic N) is 4. The average molecular weight is 340 g/mol. The third kappa shape index (κ3) is 2.19. The second-order valence-electron chi connectivity index (χ2n) is 5.20. The highest BCUT2D eigenvalue weighted by Gasteiger charge is 2.64. The lowest BCUT2D eigenvalue weighted by atomic mass is 10.1. The lowest BCUT2D eigenvalue weighted by molar-refractivity contribution is -0.291. The summed E-state index contributed by atoms with van der Waals surface area (Å²) >= 11 is 0. The average Bonchev–Trinajstić information content (AvgIpc) is 2.77. The first kappa shape index (κ1) is 16.7. The minimum atomic E-state index is -5.19. The SMILES string of the molecule is CC1=NN(S(=O)(=O)c2c(C)nn(C)c2C)[C@@](O)(C(F)(F)F)C1. The van der Waals surface area contributed by atoms with Crippen molar-refractivity contribution >= 4 is 15.7 Å². The van der Waals surface area contributed by atoms with Gasteiger partial charge in [-0.1, -0.05) is 0 Å². The number of hydrogen-bond donors (Lipinski definition) is 1. The summed E-state index contributed by atoms with van der Waals surface area (Å²) in [6, 6.07) is 0. The Bertz CT molecular complexity index is 753. The van der Waals surface area contributed by atoms with Gasteiger partial charge in [0, 0.05) is 19.2 Å². The first-order valence-electron chi connectivity index (χ1n) is 6.21. The molecule has 2 heterocycles. The van der Waals surface area contributed by atoms with Crippen LogP contribution in [0.1, 0.15) is 24.7 Å². The molecule has 0 aromatic carbocycles. The Balaban J connectivity index is 2.67. The molecule has 2 rings (SSSR count). The van der Waals surface area contributed by atoms with Crippen LogP contribution in [0.5, 0.6) is 0 Å². The number of rotatable bonds is 2. The molecule has 22 heavy (non-hydrogen) atoms. The Morgan fingerprint density at radius 2 is 1.82 bits per heavy atom. The third-order valence-corrected chi connectivity index (χ3v) is 5.41. The largest absolute Gasteiger partial charge is 0.439 e. The Kier molecular flexibility index (Phi) is 3.57. The number of hydrazone groups is 1. The van der Waals surface area contributed by atoms with E-state index in [2.05, 4.69) is 10.2 Å². The van der Waals surface area contributed by atoms with Crippen molar-refractivity contribution in [3.05, 3.63) is 11.4 Å². The van der Waals surface area contributed by atoms with Crippen LogP contribution in [0.25, 0.3) is 0 Å². The number of halogens is 3. The number of aromatic nitrogens is 2. The molecule has 124 valence electrons. The van der Waals surface area contributed by atoms with E-state index in [1.54, 1.807) is 0 Å². The van der Waals surface area contributed by atoms with Gasteiger partial charge in [-0.05, 0) is 20.8 Å². The van der Waals surface area contributed by atoms with Crippen LogP contribution in [0.2, 0.25) is 0 Å². The van der Waals surface area contributed by atoms with Crippen molar-refractivity contribution in [2.75, 3.05) is 0 Å². The minimum Gasteiger partial charge on any atom is -0.361 e. The van der Waals surface area contributed by atoms with Gasteiger partial charge in [0.15, 0.2) is 0 Å². The topological polar surface area (TPSA) is 87.8 Å². The van der Waals surface area contributed by atoms with Crippen LogP contribution in [0.4, 0.5) is 13.2 Å². The van der Waals surface area contributed by atoms with Crippen LogP contribution in [-0.2, 0) is 17.1 Å². The molecule has 0 fully saturated rings. The quantitative estimate of drug-likeness (QED) is 0.872. The lowest BCUT2D eigenvalue weighted by Crippen LogP contribution is -2.56. The maximum absolute atomic E-state index is 13.2. The summed E-state index contributed by atoms with van der Waals surface area (Å²) < 4.78 is 65.7. The molecule has 0 unspecified atom stereocenters. The van der Waals surface area contributed by atoms with Gasteiger partial charge in [0.25, 0.3) is 15.7 Å². The van der Waals surface area contributed by atoms with E-state index in [1.807, 2.05) is 0 Å². The summed E-state index contributed by atoms with van der Waals surface area (Å²) in [4.78, 5) is -0.392. The van der Waals surface area contributed by atoms with E-state index in [0.29, 0.717) is 0 Å². The van der Waals surface area contributed by atoms with Gasteiger partial charge in [-0.25, -0.2) is 0 Å². The van der Waals surface area contributed by atoms with E-state index in [4.69, 9.17) is 0 Å². The molecule has 1 aromatic rings. The first-order chi connectivity index (χ1) is 9.82. The van der Waals surface area contributed by atoms with Gasteiger partial charge in [-0.15, -0.1) is 4.41 Å². The third-order valence-electron chi connectivity index (χ3n) is 3.46. The molecule has 0 saturated carbocycles. The predicted octanol–water partition coefficient (Wildman–Crippen LogP) is 1.06. The van der Waals surface area contributed by atoms with E-state index < -0.39 is 33.2 Å². The summed E-state index contributed by atoms with van der Waals surface area (Å²) in [5.41, 5.74) is -3.54. The maximum Gasteiger partial charge on any atom is 0.439 e. The van der Waals surface area contributed by atoms with Crippen LogP contribution in [0, 0.1) is 13.8 Å². The van der Waals surface area contributed by atoms with E-state index in [-0.39, 0.29) is 21.5 Å². The molecule has 1 N–H and O–H groups in total. The van der Waals surface area contributed by atoms with Crippen molar-refractivity contribution in [1.82, 2.24) is 14.2 Å². The molecule has 0 spiro atoms. The molecule has 1 aliphatic heterocycles. The number of hydrogen-bond acceptors (Lipinski definition) is 5. The molecule has 0 saturated heterocycles. The van der Waals surface area contributed by atoms with Gasteiger partial charge in [-0.3, -0.25) is 4.68 Å². The summed E-state index contributed by atoms with van der Waals surface area (Å²) in [5.74, 6) is 0. The van der Waals surface area contributed by atoms with E-state index in [9.17, 15) is 26.7 Å². The van der Waals surface area contributed by atoms with Crippen LogP contribution >= 0.6 is 0 Å². The summed E-state index contributed by atoms with van der Waals surface area (Å²) in [6.45, 7) is 3.99. The summed E-state index contributed by atoms with van der Waals surface area (Å²) in [7, 11) is -3.24. The van der Waals surface area contributed by atoms with Crippen molar-refractivity contribution in [3.63, 3.8) is 0 Å². The lowest BCUT2D eigenvalue weighted by Gasteiger charge is -2.33. The first-order valence-corrected chi connectivity index (χ1v) is 7.65. The Morgan fingerprint density at radius 1 is 1.27 bits per heavy atom. The van der Waals surface area contributed by atoms with Crippen molar-refractivity contribution in [3.8, 4) is 0 Å². The standard InChI is InChI=1S/C11H15F3N4O3S/c1-6-5-10(19,11(12,13)14)18(15-6)22(20,21)9-7(2)16-17(4)8(9)3/h19H,5H2,1-4H3/t10-/m0/s1. The second kappa shape index (κ2) is 4.69. The molecule has 0 radical (unpaired) electrons. The smallest absolute Gasteiger partial charge is 0.361 e. The van der Waals surface area contributed by atoms with Crippen molar-refractivity contribution in [2.45, 2.75) is 44.0 Å². The van der Waals surface area contributed by atoms with Crippen molar-refractivity contribution < 1.29 is 26.7 Å². The molecule has 1 atom stereocenters. The van der Waals surface area contributed by atoms with E-state index >= 15 is 0 Å². The molecule has 7 nitrogen and oxygen atoms in total. The molecule has 0 amide bonds. The van der Waals surface area contributed by atoms with Crippen LogP contribution in [0.15, 0.2) is 10.00 Å². The zero-order valence-corrected chi connectivity index (χ0v) is 13.1. The van der Waals surface area contributed by atoms with Gasteiger partial charge in [0.1, 0.15) is 4.90 Å². The molecular weight excluding hydrogens is 325 g/mol. The second-order valence-corrected chi connectivity index (χ2v) is 6.90. The molecule has 1 aromatic heterocycles. The van der Waals surface area contributed by atoms with Crippen molar-refractivity contribution in [1.29, 1.82) is 0 Å². The Morgan fingerprint density at radius 3 is 2.23 bits per heavy atom. The zero-order chi connectivity index (χ0) is 17.1. The van der Waals surface area contributed by atoms with Crippen LogP contribution in [0.3, 0.4) is 0 Å². The van der Waals surface area contributed by atoms with Gasteiger partial charge in [-0.2, -0.15) is 31.8 Å². The van der Waals surface area contributed by atoms with Gasteiger partial charge in [0.05, 0.1) is 11.4 Å². The zero-order valence-electron chi connectivity index (χ0n) is 12.3. The molecule has 0 aliphatic carbocycles.